The van der Waals surface area contributed by atoms with E-state index >= 15 is 0 Å². The second kappa shape index (κ2) is 6.81. The molecule has 0 aromatic heterocycles. The first-order chi connectivity index (χ1) is 9.56. The maximum Gasteiger partial charge on any atom is 0.271 e. The monoisotopic (exact) mass is 341 g/mol. The molecule has 108 valence electrons. The molecule has 7 heteroatoms. The summed E-state index contributed by atoms with van der Waals surface area (Å²) in [7, 11) is 0. The van der Waals surface area contributed by atoms with Gasteiger partial charge in [0.05, 0.1) is 10.6 Å². The quantitative estimate of drug-likeness (QED) is 0.651. The Morgan fingerprint density at radius 2 is 2.35 bits per heavy atom. The summed E-state index contributed by atoms with van der Waals surface area (Å²) in [4.78, 5) is 22.2. The number of piperidine rings is 1. The summed E-state index contributed by atoms with van der Waals surface area (Å²) in [5.41, 5.74) is 0.399. The molecule has 1 aliphatic heterocycles. The maximum atomic E-state index is 12.0. The van der Waals surface area contributed by atoms with Crippen molar-refractivity contribution in [2.24, 2.45) is 5.92 Å². The number of carbonyl (C=O) groups is 1. The van der Waals surface area contributed by atoms with E-state index in [-0.39, 0.29) is 11.6 Å². The third-order valence-electron chi connectivity index (χ3n) is 3.31. The van der Waals surface area contributed by atoms with E-state index in [1.807, 2.05) is 0 Å². The van der Waals surface area contributed by atoms with Crippen molar-refractivity contribution in [1.82, 2.24) is 5.32 Å². The average Bonchev–Trinajstić information content (AvgIpc) is 2.42. The Labute approximate surface area is 125 Å². The highest BCUT2D eigenvalue weighted by Crippen LogP contribution is 2.27. The molecule has 1 fully saturated rings. The molecule has 0 saturated carbocycles. The van der Waals surface area contributed by atoms with Gasteiger partial charge in [0.1, 0.15) is 0 Å². The summed E-state index contributed by atoms with van der Waals surface area (Å²) in [5.74, 6) is 0.223. The summed E-state index contributed by atoms with van der Waals surface area (Å²) in [6.07, 6.45) is 2.55. The Balaban J connectivity index is 1.99. The van der Waals surface area contributed by atoms with Gasteiger partial charge in [-0.2, -0.15) is 0 Å². The molecule has 1 heterocycles. The molecule has 1 aromatic rings. The van der Waals surface area contributed by atoms with E-state index < -0.39 is 4.92 Å². The smallest absolute Gasteiger partial charge is 0.271 e. The SMILES string of the molecule is O=C(CC1CCCNC1)Nc1cc([N+](=O)[O-])ccc1Br. The number of carbonyl (C=O) groups excluding carboxylic acids is 1. The van der Waals surface area contributed by atoms with E-state index in [0.717, 1.165) is 25.9 Å². The second-order valence-corrected chi connectivity index (χ2v) is 5.74. The Hall–Kier alpha value is -1.47. The number of non-ortho nitro benzene ring substituents is 1. The van der Waals surface area contributed by atoms with Gasteiger partial charge in [0, 0.05) is 23.0 Å². The number of nitro benzene ring substituents is 1. The molecular weight excluding hydrogens is 326 g/mol. The minimum atomic E-state index is -0.479. The Bertz CT molecular complexity index is 516. The first kappa shape index (κ1) is 14.9. The van der Waals surface area contributed by atoms with Gasteiger partial charge in [-0.05, 0) is 53.8 Å². The average molecular weight is 342 g/mol. The van der Waals surface area contributed by atoms with Gasteiger partial charge in [-0.15, -0.1) is 0 Å². The molecule has 1 aromatic carbocycles. The van der Waals surface area contributed by atoms with Gasteiger partial charge in [0.25, 0.3) is 5.69 Å². The number of nitrogens with zero attached hydrogens (tertiary/aromatic N) is 1. The van der Waals surface area contributed by atoms with Crippen molar-refractivity contribution in [1.29, 1.82) is 0 Å². The predicted octanol–water partition coefficient (Wildman–Crippen LogP) is 2.69. The highest BCUT2D eigenvalue weighted by molar-refractivity contribution is 9.10. The van der Waals surface area contributed by atoms with E-state index in [4.69, 9.17) is 0 Å². The Morgan fingerprint density at radius 3 is 3.00 bits per heavy atom. The zero-order chi connectivity index (χ0) is 14.5. The minimum Gasteiger partial charge on any atom is -0.325 e. The van der Waals surface area contributed by atoms with Gasteiger partial charge in [-0.1, -0.05) is 0 Å². The molecule has 0 radical (unpaired) electrons. The van der Waals surface area contributed by atoms with Crippen molar-refractivity contribution in [3.8, 4) is 0 Å². The number of hydrogen-bond donors (Lipinski definition) is 2. The van der Waals surface area contributed by atoms with Gasteiger partial charge >= 0.3 is 0 Å². The van der Waals surface area contributed by atoms with Crippen LogP contribution in [-0.4, -0.2) is 23.9 Å². The lowest BCUT2D eigenvalue weighted by molar-refractivity contribution is -0.384. The van der Waals surface area contributed by atoms with E-state index in [1.54, 1.807) is 6.07 Å². The van der Waals surface area contributed by atoms with E-state index in [0.29, 0.717) is 22.5 Å². The molecule has 1 unspecified atom stereocenters. The lowest BCUT2D eigenvalue weighted by Gasteiger charge is -2.22. The number of amides is 1. The fraction of sp³-hybridized carbons (Fsp3) is 0.462. The van der Waals surface area contributed by atoms with Gasteiger partial charge in [-0.3, -0.25) is 14.9 Å². The molecule has 2 N–H and O–H groups in total. The standard InChI is InChI=1S/C13H16BrN3O3/c14-11-4-3-10(17(19)20)7-12(11)16-13(18)6-9-2-1-5-15-8-9/h3-4,7,9,15H,1-2,5-6,8H2,(H,16,18). The zero-order valence-electron chi connectivity index (χ0n) is 10.9. The summed E-state index contributed by atoms with van der Waals surface area (Å²) < 4.78 is 0.637. The van der Waals surface area contributed by atoms with Crippen LogP contribution < -0.4 is 10.6 Å². The molecule has 1 amide bonds. The third kappa shape index (κ3) is 4.01. The number of halogens is 1. The van der Waals surface area contributed by atoms with Crippen molar-refractivity contribution in [2.45, 2.75) is 19.3 Å². The summed E-state index contributed by atoms with van der Waals surface area (Å²) in [6, 6.07) is 4.32. The van der Waals surface area contributed by atoms with Crippen LogP contribution in [-0.2, 0) is 4.79 Å². The number of nitro groups is 1. The summed E-state index contributed by atoms with van der Waals surface area (Å²) in [6.45, 7) is 1.86. The van der Waals surface area contributed by atoms with E-state index in [1.165, 1.54) is 12.1 Å². The van der Waals surface area contributed by atoms with Crippen molar-refractivity contribution in [3.05, 3.63) is 32.8 Å². The topological polar surface area (TPSA) is 84.3 Å². The van der Waals surface area contributed by atoms with Crippen LogP contribution in [0.4, 0.5) is 11.4 Å². The maximum absolute atomic E-state index is 12.0. The van der Waals surface area contributed by atoms with Crippen LogP contribution in [0.25, 0.3) is 0 Å². The highest BCUT2D eigenvalue weighted by Gasteiger charge is 2.18. The molecule has 0 aliphatic carbocycles. The minimum absolute atomic E-state index is 0.0390. The van der Waals surface area contributed by atoms with E-state index in [9.17, 15) is 14.9 Å². The largest absolute Gasteiger partial charge is 0.325 e. The van der Waals surface area contributed by atoms with Crippen molar-refractivity contribution < 1.29 is 9.72 Å². The molecule has 2 rings (SSSR count). The predicted molar refractivity (Wildman–Crippen MR) is 79.6 cm³/mol. The molecule has 0 spiro atoms. The summed E-state index contributed by atoms with van der Waals surface area (Å²) in [5, 5.41) is 16.7. The van der Waals surface area contributed by atoms with Gasteiger partial charge in [-0.25, -0.2) is 0 Å². The van der Waals surface area contributed by atoms with Gasteiger partial charge < -0.3 is 10.6 Å². The van der Waals surface area contributed by atoms with Crippen molar-refractivity contribution in [2.75, 3.05) is 18.4 Å². The van der Waals surface area contributed by atoms with Crippen LogP contribution in [0.5, 0.6) is 0 Å². The van der Waals surface area contributed by atoms with Crippen LogP contribution in [0.1, 0.15) is 19.3 Å². The second-order valence-electron chi connectivity index (χ2n) is 4.89. The molecular formula is C13H16BrN3O3. The highest BCUT2D eigenvalue weighted by atomic mass is 79.9. The molecule has 1 atom stereocenters. The number of hydrogen-bond acceptors (Lipinski definition) is 4. The fourth-order valence-corrected chi connectivity index (χ4v) is 2.63. The normalized spacial score (nSPS) is 18.6. The van der Waals surface area contributed by atoms with Crippen LogP contribution in [0, 0.1) is 16.0 Å². The van der Waals surface area contributed by atoms with Crippen LogP contribution in [0.15, 0.2) is 22.7 Å². The molecule has 0 bridgehead atoms. The first-order valence-electron chi connectivity index (χ1n) is 6.51. The molecule has 1 saturated heterocycles. The number of nitrogens with one attached hydrogen (secondary N) is 2. The van der Waals surface area contributed by atoms with Crippen molar-refractivity contribution >= 4 is 33.2 Å². The van der Waals surface area contributed by atoms with Gasteiger partial charge in [0.2, 0.25) is 5.91 Å². The van der Waals surface area contributed by atoms with Gasteiger partial charge in [0.15, 0.2) is 0 Å². The van der Waals surface area contributed by atoms with Crippen LogP contribution in [0.2, 0.25) is 0 Å². The lowest BCUT2D eigenvalue weighted by Crippen LogP contribution is -2.32. The van der Waals surface area contributed by atoms with Crippen LogP contribution in [0.3, 0.4) is 0 Å². The molecule has 20 heavy (non-hydrogen) atoms. The number of anilines is 1. The Morgan fingerprint density at radius 1 is 1.55 bits per heavy atom. The van der Waals surface area contributed by atoms with Crippen molar-refractivity contribution in [3.63, 3.8) is 0 Å². The van der Waals surface area contributed by atoms with Crippen LogP contribution >= 0.6 is 15.9 Å². The molecule has 6 nitrogen and oxygen atoms in total. The Kier molecular flexibility index (Phi) is 5.08. The lowest BCUT2D eigenvalue weighted by atomic mass is 9.96. The fourth-order valence-electron chi connectivity index (χ4n) is 2.28. The van der Waals surface area contributed by atoms with E-state index in [2.05, 4.69) is 26.6 Å². The number of rotatable bonds is 4. The zero-order valence-corrected chi connectivity index (χ0v) is 12.5. The first-order valence-corrected chi connectivity index (χ1v) is 7.30. The number of benzene rings is 1. The molecule has 1 aliphatic rings. The third-order valence-corrected chi connectivity index (χ3v) is 4.00. The summed E-state index contributed by atoms with van der Waals surface area (Å²) >= 11 is 3.28.